The van der Waals surface area contributed by atoms with Crippen molar-refractivity contribution in [3.05, 3.63) is 108 Å². The van der Waals surface area contributed by atoms with Crippen molar-refractivity contribution in [2.45, 2.75) is 17.6 Å². The van der Waals surface area contributed by atoms with Gasteiger partial charge in [-0.15, -0.1) is 0 Å². The second-order valence-electron chi connectivity index (χ2n) is 8.11. The lowest BCUT2D eigenvalue weighted by molar-refractivity contribution is -0.0809. The number of benzene rings is 2. The third-order valence-electron chi connectivity index (χ3n) is 6.92. The Balaban J connectivity index is 1.70. The summed E-state index contributed by atoms with van der Waals surface area (Å²) in [6.45, 7) is 0. The van der Waals surface area contributed by atoms with Gasteiger partial charge in [-0.3, -0.25) is 0 Å². The minimum Gasteiger partial charge on any atom is -0.449 e. The topological polar surface area (TPSA) is 29.5 Å². The molecule has 2 nitrogen and oxygen atoms in total. The maximum absolute atomic E-state index is 9.85. The van der Waals surface area contributed by atoms with E-state index < -0.39 is 0 Å². The number of ether oxygens (including phenoxy) is 1. The van der Waals surface area contributed by atoms with Crippen LogP contribution in [0.2, 0.25) is 0 Å². The minimum atomic E-state index is -0.201. The molecule has 2 aromatic rings. The zero-order valence-corrected chi connectivity index (χ0v) is 15.5. The molecule has 1 spiro atoms. The van der Waals surface area contributed by atoms with Crippen LogP contribution in [0.1, 0.15) is 11.1 Å². The first-order chi connectivity index (χ1) is 13.8. The van der Waals surface area contributed by atoms with Gasteiger partial charge in [-0.1, -0.05) is 96.5 Å². The van der Waals surface area contributed by atoms with Crippen LogP contribution in [0.4, 0.5) is 0 Å². The molecule has 3 heteroatoms. The van der Waals surface area contributed by atoms with Gasteiger partial charge in [0.1, 0.15) is 0 Å². The third kappa shape index (κ3) is 1.96. The summed E-state index contributed by atoms with van der Waals surface area (Å²) >= 11 is 0. The summed E-state index contributed by atoms with van der Waals surface area (Å²) in [7, 11) is 0.0585. The van der Waals surface area contributed by atoms with Gasteiger partial charge in [-0.25, -0.2) is 0 Å². The SMILES string of the molecule is OBC1=CC2C(C=C1)OC1C=CC=CC1C21c2ccccc2-c2ccccc21. The Morgan fingerprint density at radius 1 is 0.786 bits per heavy atom. The molecule has 0 amide bonds. The van der Waals surface area contributed by atoms with Crippen molar-refractivity contribution >= 4 is 7.48 Å². The summed E-state index contributed by atoms with van der Waals surface area (Å²) in [5, 5.41) is 9.85. The van der Waals surface area contributed by atoms with Gasteiger partial charge >= 0.3 is 7.48 Å². The van der Waals surface area contributed by atoms with Gasteiger partial charge in [-0.2, -0.15) is 0 Å². The highest BCUT2D eigenvalue weighted by Gasteiger charge is 2.59. The fourth-order valence-corrected chi connectivity index (χ4v) is 5.90. The van der Waals surface area contributed by atoms with E-state index in [1.54, 1.807) is 0 Å². The fraction of sp³-hybridized carbons (Fsp3) is 0.200. The average molecular weight is 364 g/mol. The highest BCUT2D eigenvalue weighted by atomic mass is 16.5. The van der Waals surface area contributed by atoms with Crippen molar-refractivity contribution in [2.75, 3.05) is 0 Å². The van der Waals surface area contributed by atoms with Crippen molar-refractivity contribution in [1.82, 2.24) is 0 Å². The fourth-order valence-electron chi connectivity index (χ4n) is 5.90. The van der Waals surface area contributed by atoms with Gasteiger partial charge in [0.2, 0.25) is 0 Å². The maximum Gasteiger partial charge on any atom is 0.304 e. The van der Waals surface area contributed by atoms with Gasteiger partial charge in [0.15, 0.2) is 0 Å². The molecule has 1 saturated heterocycles. The second kappa shape index (κ2) is 5.94. The average Bonchev–Trinajstić information content (AvgIpc) is 3.05. The molecular formula is C25H21BO2. The second-order valence-corrected chi connectivity index (χ2v) is 8.11. The predicted molar refractivity (Wildman–Crippen MR) is 113 cm³/mol. The van der Waals surface area contributed by atoms with Crippen molar-refractivity contribution < 1.29 is 9.76 Å². The summed E-state index contributed by atoms with van der Waals surface area (Å²) in [4.78, 5) is 0. The molecular weight excluding hydrogens is 343 g/mol. The highest BCUT2D eigenvalue weighted by Crippen LogP contribution is 2.62. The molecule has 3 aliphatic carbocycles. The van der Waals surface area contributed by atoms with Crippen LogP contribution in [0, 0.1) is 11.8 Å². The molecule has 4 unspecified atom stereocenters. The monoisotopic (exact) mass is 364 g/mol. The molecule has 1 heterocycles. The summed E-state index contributed by atoms with van der Waals surface area (Å²) in [6, 6.07) is 17.7. The summed E-state index contributed by atoms with van der Waals surface area (Å²) < 4.78 is 6.55. The highest BCUT2D eigenvalue weighted by molar-refractivity contribution is 6.37. The Bertz CT molecular complexity index is 1030. The lowest BCUT2D eigenvalue weighted by Crippen LogP contribution is -2.56. The van der Waals surface area contributed by atoms with E-state index in [0.717, 1.165) is 5.47 Å². The van der Waals surface area contributed by atoms with Crippen LogP contribution in [0.3, 0.4) is 0 Å². The lowest BCUT2D eigenvalue weighted by Gasteiger charge is -2.54. The van der Waals surface area contributed by atoms with Crippen LogP contribution in [0.5, 0.6) is 0 Å². The molecule has 6 rings (SSSR count). The van der Waals surface area contributed by atoms with E-state index in [9.17, 15) is 5.02 Å². The Hall–Kier alpha value is -2.62. The number of allylic oxidation sites excluding steroid dienone is 4. The predicted octanol–water partition coefficient (Wildman–Crippen LogP) is 3.88. The van der Waals surface area contributed by atoms with Gasteiger partial charge in [-0.05, 0) is 22.3 Å². The molecule has 136 valence electrons. The van der Waals surface area contributed by atoms with Crippen LogP contribution in [-0.4, -0.2) is 24.7 Å². The Morgan fingerprint density at radius 3 is 2.14 bits per heavy atom. The van der Waals surface area contributed by atoms with Crippen LogP contribution in [-0.2, 0) is 10.2 Å². The van der Waals surface area contributed by atoms with Crippen molar-refractivity contribution in [2.24, 2.45) is 11.8 Å². The van der Waals surface area contributed by atoms with E-state index in [2.05, 4.69) is 85.0 Å². The molecule has 0 aromatic heterocycles. The zero-order chi connectivity index (χ0) is 18.7. The minimum absolute atomic E-state index is 0.00749. The molecule has 1 aliphatic heterocycles. The Labute approximate surface area is 165 Å². The largest absolute Gasteiger partial charge is 0.449 e. The first kappa shape index (κ1) is 16.3. The number of hydrogen-bond acceptors (Lipinski definition) is 2. The quantitative estimate of drug-likeness (QED) is 0.779. The first-order valence-corrected chi connectivity index (χ1v) is 10.0. The number of hydrogen-bond donors (Lipinski definition) is 1. The van der Waals surface area contributed by atoms with E-state index in [1.165, 1.54) is 22.3 Å². The molecule has 0 radical (unpaired) electrons. The molecule has 1 N–H and O–H groups in total. The van der Waals surface area contributed by atoms with E-state index in [1.807, 2.05) is 6.08 Å². The molecule has 1 fully saturated rings. The van der Waals surface area contributed by atoms with Crippen LogP contribution in [0.15, 0.2) is 96.5 Å². The number of rotatable bonds is 1. The van der Waals surface area contributed by atoms with E-state index >= 15 is 0 Å². The van der Waals surface area contributed by atoms with Crippen molar-refractivity contribution in [1.29, 1.82) is 0 Å². The summed E-state index contributed by atoms with van der Waals surface area (Å²) in [5.41, 5.74) is 6.19. The first-order valence-electron chi connectivity index (χ1n) is 10.0. The maximum atomic E-state index is 9.85. The van der Waals surface area contributed by atoms with Crippen LogP contribution in [0.25, 0.3) is 11.1 Å². The Morgan fingerprint density at radius 2 is 1.43 bits per heavy atom. The van der Waals surface area contributed by atoms with Gasteiger partial charge in [0.25, 0.3) is 0 Å². The molecule has 2 aromatic carbocycles. The Kier molecular flexibility index (Phi) is 3.47. The van der Waals surface area contributed by atoms with Gasteiger partial charge < -0.3 is 9.76 Å². The van der Waals surface area contributed by atoms with Crippen molar-refractivity contribution in [3.8, 4) is 11.1 Å². The third-order valence-corrected chi connectivity index (χ3v) is 6.92. The molecule has 4 atom stereocenters. The standard InChI is InChI=1S/C25H21BO2/c27-26-16-13-14-24-22(15-16)25(21-11-5-6-12-23(21)28-24)19-9-3-1-7-17(19)18-8-2-4-10-20(18)25/h1-15,21-24,26-27H. The molecule has 28 heavy (non-hydrogen) atoms. The molecule has 0 bridgehead atoms. The van der Waals surface area contributed by atoms with E-state index in [0.29, 0.717) is 0 Å². The van der Waals surface area contributed by atoms with E-state index in [-0.39, 0.29) is 36.9 Å². The van der Waals surface area contributed by atoms with Crippen LogP contribution < -0.4 is 0 Å². The van der Waals surface area contributed by atoms with Crippen LogP contribution >= 0.6 is 0 Å². The van der Waals surface area contributed by atoms with E-state index in [4.69, 9.17) is 4.74 Å². The van der Waals surface area contributed by atoms with Crippen molar-refractivity contribution in [3.63, 3.8) is 0 Å². The summed E-state index contributed by atoms with van der Waals surface area (Å²) in [5.74, 6) is 0.355. The summed E-state index contributed by atoms with van der Waals surface area (Å²) in [6.07, 6.45) is 15.2. The zero-order valence-electron chi connectivity index (χ0n) is 15.5. The molecule has 4 aliphatic rings. The van der Waals surface area contributed by atoms with Gasteiger partial charge in [0.05, 0.1) is 12.2 Å². The lowest BCUT2D eigenvalue weighted by atomic mass is 9.54. The smallest absolute Gasteiger partial charge is 0.304 e. The number of fused-ring (bicyclic) bond motifs is 9. The normalized spacial score (nSPS) is 30.2. The molecule has 0 saturated carbocycles. The van der Waals surface area contributed by atoms with Gasteiger partial charge in [0, 0.05) is 17.3 Å².